The van der Waals surface area contributed by atoms with Crippen molar-refractivity contribution < 1.29 is 27.4 Å². The normalized spacial score (nSPS) is 13.6. The zero-order valence-corrected chi connectivity index (χ0v) is 28.0. The topological polar surface area (TPSA) is 128 Å². The van der Waals surface area contributed by atoms with E-state index in [2.05, 4.69) is 27.0 Å². The van der Waals surface area contributed by atoms with Crippen LogP contribution in [0.4, 0.5) is 11.4 Å². The first-order valence-electron chi connectivity index (χ1n) is 15.1. The lowest BCUT2D eigenvalue weighted by atomic mass is 10.2. The van der Waals surface area contributed by atoms with Crippen molar-refractivity contribution in [1.82, 2.24) is 19.1 Å². The average Bonchev–Trinajstić information content (AvgIpc) is 3.45. The van der Waals surface area contributed by atoms with Gasteiger partial charge in [0.25, 0.3) is 0 Å². The van der Waals surface area contributed by atoms with Crippen LogP contribution in [0.1, 0.15) is 27.7 Å². The van der Waals surface area contributed by atoms with Crippen LogP contribution in [-0.2, 0) is 26.1 Å². The Bertz CT molecular complexity index is 1570. The van der Waals surface area contributed by atoms with Gasteiger partial charge in [-0.1, -0.05) is 43.8 Å². The Morgan fingerprint density at radius 1 is 1.07 bits per heavy atom. The lowest BCUT2D eigenvalue weighted by Crippen LogP contribution is -2.36. The molecule has 0 saturated carbocycles. The van der Waals surface area contributed by atoms with Gasteiger partial charge in [-0.2, -0.15) is 4.31 Å². The van der Waals surface area contributed by atoms with Crippen LogP contribution in [0.3, 0.4) is 0 Å². The minimum atomic E-state index is -3.66. The molecule has 244 valence electrons. The van der Waals surface area contributed by atoms with Crippen molar-refractivity contribution in [3.8, 4) is 22.9 Å². The molecule has 14 heteroatoms. The molecular formula is C31H42N6O6S2. The molecule has 2 heterocycles. The van der Waals surface area contributed by atoms with Crippen LogP contribution in [0.5, 0.6) is 11.5 Å². The largest absolute Gasteiger partial charge is 0.492 e. The molecule has 0 aliphatic carbocycles. The Kier molecular flexibility index (Phi) is 12.3. The monoisotopic (exact) mass is 658 g/mol. The fourth-order valence-electron chi connectivity index (χ4n) is 4.97. The summed E-state index contributed by atoms with van der Waals surface area (Å²) in [4.78, 5) is 15.6. The molecule has 1 amide bonds. The van der Waals surface area contributed by atoms with Gasteiger partial charge < -0.3 is 24.4 Å². The van der Waals surface area contributed by atoms with Crippen molar-refractivity contribution in [2.75, 3.05) is 68.6 Å². The third-order valence-corrected chi connectivity index (χ3v) is 10.1. The Balaban J connectivity index is 1.54. The van der Waals surface area contributed by atoms with E-state index in [1.165, 1.54) is 16.1 Å². The summed E-state index contributed by atoms with van der Waals surface area (Å²) in [6.07, 6.45) is 1.70. The summed E-state index contributed by atoms with van der Waals surface area (Å²) < 4.78 is 46.9. The number of ether oxygens (including phenoxy) is 3. The molecule has 0 bridgehead atoms. The smallest absolute Gasteiger partial charge is 0.243 e. The van der Waals surface area contributed by atoms with Crippen LogP contribution >= 0.6 is 11.8 Å². The van der Waals surface area contributed by atoms with Crippen LogP contribution in [0.25, 0.3) is 11.4 Å². The number of rotatable bonds is 16. The number of morpholine rings is 1. The maximum atomic E-state index is 13.2. The van der Waals surface area contributed by atoms with Crippen molar-refractivity contribution >= 4 is 39.1 Å². The summed E-state index contributed by atoms with van der Waals surface area (Å²) in [7, 11) is -3.66. The number of aromatic nitrogens is 3. The molecule has 3 aromatic rings. The van der Waals surface area contributed by atoms with E-state index in [4.69, 9.17) is 14.2 Å². The van der Waals surface area contributed by atoms with Crippen LogP contribution < -0.4 is 19.7 Å². The Morgan fingerprint density at radius 2 is 1.78 bits per heavy atom. The number of nitrogens with zero attached hydrogens (tertiary/aromatic N) is 5. The van der Waals surface area contributed by atoms with Gasteiger partial charge in [0.15, 0.2) is 11.0 Å². The highest BCUT2D eigenvalue weighted by Gasteiger charge is 2.24. The van der Waals surface area contributed by atoms with E-state index in [1.54, 1.807) is 50.3 Å². The number of hydrogen-bond donors (Lipinski definition) is 1. The third-order valence-electron chi connectivity index (χ3n) is 7.08. The molecule has 0 radical (unpaired) electrons. The highest BCUT2D eigenvalue weighted by molar-refractivity contribution is 7.99. The molecule has 1 aliphatic heterocycles. The number of allylic oxidation sites excluding steroid dienone is 1. The highest BCUT2D eigenvalue weighted by Crippen LogP contribution is 2.39. The number of carbonyl (C=O) groups excluding carboxylic acids is 1. The van der Waals surface area contributed by atoms with E-state index in [1.807, 2.05) is 24.5 Å². The summed E-state index contributed by atoms with van der Waals surface area (Å²) in [5.74, 6) is 1.48. The fraction of sp³-hybridized carbons (Fsp3) is 0.452. The third kappa shape index (κ3) is 8.17. The molecule has 1 N–H and O–H groups in total. The molecule has 0 unspecified atom stereocenters. The maximum absolute atomic E-state index is 13.2. The number of nitrogens with one attached hydrogen (secondary N) is 1. The van der Waals surface area contributed by atoms with Gasteiger partial charge in [0.1, 0.15) is 11.5 Å². The van der Waals surface area contributed by atoms with Crippen LogP contribution in [0.2, 0.25) is 0 Å². The predicted octanol–water partition coefficient (Wildman–Crippen LogP) is 4.53. The summed E-state index contributed by atoms with van der Waals surface area (Å²) >= 11 is 1.22. The SMILES string of the molecule is C=CCn1c(SCC(=O)Nc2cc(OCC)c(N3CCOCC3)cc2OCC)nnc1-c1cccc(S(=O)(=O)N(CC)CC)c1. The second-order valence-corrected chi connectivity index (χ2v) is 12.8. The minimum absolute atomic E-state index is 0.0480. The molecular weight excluding hydrogens is 617 g/mol. The second-order valence-electron chi connectivity index (χ2n) is 9.94. The van der Waals surface area contributed by atoms with Crippen molar-refractivity contribution in [2.45, 2.75) is 44.3 Å². The first kappa shape index (κ1) is 34.3. The fourth-order valence-corrected chi connectivity index (χ4v) is 7.22. The van der Waals surface area contributed by atoms with E-state index in [9.17, 15) is 13.2 Å². The van der Waals surface area contributed by atoms with Gasteiger partial charge >= 0.3 is 0 Å². The first-order valence-corrected chi connectivity index (χ1v) is 17.5. The van der Waals surface area contributed by atoms with E-state index in [-0.39, 0.29) is 16.6 Å². The van der Waals surface area contributed by atoms with E-state index in [0.29, 0.717) is 79.8 Å². The zero-order chi connectivity index (χ0) is 32.4. The molecule has 4 rings (SSSR count). The lowest BCUT2D eigenvalue weighted by Gasteiger charge is -2.31. The van der Waals surface area contributed by atoms with Gasteiger partial charge in [0, 0.05) is 50.4 Å². The highest BCUT2D eigenvalue weighted by atomic mass is 32.2. The van der Waals surface area contributed by atoms with Gasteiger partial charge in [-0.25, -0.2) is 8.42 Å². The number of carbonyl (C=O) groups is 1. The number of thioether (sulfide) groups is 1. The van der Waals surface area contributed by atoms with E-state index < -0.39 is 10.0 Å². The van der Waals surface area contributed by atoms with E-state index in [0.717, 1.165) is 18.8 Å². The number of benzene rings is 2. The molecule has 1 saturated heterocycles. The van der Waals surface area contributed by atoms with Gasteiger partial charge in [0.2, 0.25) is 15.9 Å². The van der Waals surface area contributed by atoms with Gasteiger partial charge in [-0.05, 0) is 26.0 Å². The number of anilines is 2. The van der Waals surface area contributed by atoms with Crippen LogP contribution in [0.15, 0.2) is 59.1 Å². The Hall–Kier alpha value is -3.59. The molecule has 0 atom stereocenters. The zero-order valence-electron chi connectivity index (χ0n) is 26.3. The molecule has 45 heavy (non-hydrogen) atoms. The molecule has 1 fully saturated rings. The average molecular weight is 659 g/mol. The van der Waals surface area contributed by atoms with Crippen molar-refractivity contribution in [3.05, 3.63) is 49.1 Å². The summed E-state index contributed by atoms with van der Waals surface area (Å²) in [6.45, 7) is 16.0. The van der Waals surface area contributed by atoms with Crippen molar-refractivity contribution in [2.24, 2.45) is 0 Å². The maximum Gasteiger partial charge on any atom is 0.243 e. The Labute approximate surface area is 269 Å². The second kappa shape index (κ2) is 16.1. The number of sulfonamides is 1. The molecule has 1 aliphatic rings. The van der Waals surface area contributed by atoms with Gasteiger partial charge in [0.05, 0.1) is 48.5 Å². The molecule has 0 spiro atoms. The lowest BCUT2D eigenvalue weighted by molar-refractivity contribution is -0.113. The van der Waals surface area contributed by atoms with Crippen LogP contribution in [-0.4, -0.2) is 91.8 Å². The summed E-state index contributed by atoms with van der Waals surface area (Å²) in [6, 6.07) is 10.4. The number of amides is 1. The van der Waals surface area contributed by atoms with Crippen molar-refractivity contribution in [3.63, 3.8) is 0 Å². The molecule has 12 nitrogen and oxygen atoms in total. The first-order chi connectivity index (χ1) is 21.8. The quantitative estimate of drug-likeness (QED) is 0.173. The Morgan fingerprint density at radius 3 is 2.44 bits per heavy atom. The van der Waals surface area contributed by atoms with Crippen LogP contribution in [0, 0.1) is 0 Å². The molecule has 2 aromatic carbocycles. The van der Waals surface area contributed by atoms with Gasteiger partial charge in [-0.15, -0.1) is 16.8 Å². The summed E-state index contributed by atoms with van der Waals surface area (Å²) in [5, 5.41) is 12.2. The van der Waals surface area contributed by atoms with Gasteiger partial charge in [-0.3, -0.25) is 9.36 Å². The van der Waals surface area contributed by atoms with Crippen molar-refractivity contribution in [1.29, 1.82) is 0 Å². The number of hydrogen-bond acceptors (Lipinski definition) is 10. The minimum Gasteiger partial charge on any atom is -0.492 e. The molecule has 1 aromatic heterocycles. The standard InChI is InChI=1S/C31H42N6O6S2/c1-6-14-37-30(23-12-11-13-24(19-23)45(39,40)36(7-2)8-3)33-34-31(37)44-22-29(38)32-25-20-28(43-10-5)26(21-27(25)42-9-4)35-15-17-41-18-16-35/h6,11-13,19-21H,1,7-10,14-18,22H2,2-5H3,(H,32,38). The predicted molar refractivity (Wildman–Crippen MR) is 177 cm³/mol. The summed E-state index contributed by atoms with van der Waals surface area (Å²) in [5.41, 5.74) is 2.01. The van der Waals surface area contributed by atoms with E-state index >= 15 is 0 Å².